The standard InChI is InChI=1S/C26H21NO4/c1-16-10-12-17(13-11-16)15-27-23(18-6-5-7-19(14-18)30-2)22-24(28)20-8-3-4-9-21(20)31-25(22)26(27)29/h3-14,23H,15H2,1-2H3/t23-/m0/s1. The van der Waals surface area contributed by atoms with Crippen LogP contribution in [-0.2, 0) is 6.54 Å². The molecule has 0 unspecified atom stereocenters. The molecule has 1 aliphatic rings. The maximum Gasteiger partial charge on any atom is 0.291 e. The molecule has 154 valence electrons. The zero-order chi connectivity index (χ0) is 21.5. The number of para-hydroxylation sites is 1. The van der Waals surface area contributed by atoms with Gasteiger partial charge in [0, 0.05) is 6.54 Å². The largest absolute Gasteiger partial charge is 0.497 e. The molecule has 0 bridgehead atoms. The number of amides is 1. The number of carbonyl (C=O) groups is 1. The molecule has 3 aromatic carbocycles. The van der Waals surface area contributed by atoms with Crippen LogP contribution >= 0.6 is 0 Å². The number of carbonyl (C=O) groups excluding carboxylic acids is 1. The lowest BCUT2D eigenvalue weighted by molar-refractivity contribution is 0.0714. The van der Waals surface area contributed by atoms with Crippen LogP contribution in [0.5, 0.6) is 5.75 Å². The quantitative estimate of drug-likeness (QED) is 0.481. The van der Waals surface area contributed by atoms with E-state index in [9.17, 15) is 9.59 Å². The van der Waals surface area contributed by atoms with Crippen LogP contribution in [0.4, 0.5) is 0 Å². The number of aryl methyl sites for hydroxylation is 1. The molecule has 0 saturated heterocycles. The van der Waals surface area contributed by atoms with Gasteiger partial charge < -0.3 is 14.1 Å². The van der Waals surface area contributed by atoms with Gasteiger partial charge in [-0.25, -0.2) is 0 Å². The monoisotopic (exact) mass is 411 g/mol. The Kier molecular flexibility index (Phi) is 4.59. The van der Waals surface area contributed by atoms with Gasteiger partial charge in [-0.2, -0.15) is 0 Å². The van der Waals surface area contributed by atoms with Crippen molar-refractivity contribution in [3.63, 3.8) is 0 Å². The van der Waals surface area contributed by atoms with Gasteiger partial charge in [0.2, 0.25) is 5.76 Å². The molecule has 1 atom stereocenters. The first-order chi connectivity index (χ1) is 15.1. The molecule has 1 amide bonds. The second-order valence-corrected chi connectivity index (χ2v) is 7.77. The van der Waals surface area contributed by atoms with Crippen molar-refractivity contribution in [3.05, 3.63) is 111 Å². The topological polar surface area (TPSA) is 59.8 Å². The molecule has 0 radical (unpaired) electrons. The number of rotatable bonds is 4. The van der Waals surface area contributed by atoms with E-state index in [0.717, 1.165) is 16.7 Å². The average Bonchev–Trinajstić information content (AvgIpc) is 3.07. The molecule has 0 spiro atoms. The molecule has 31 heavy (non-hydrogen) atoms. The van der Waals surface area contributed by atoms with Gasteiger partial charge in [-0.1, -0.05) is 54.1 Å². The highest BCUT2D eigenvalue weighted by Crippen LogP contribution is 2.39. The summed E-state index contributed by atoms with van der Waals surface area (Å²) in [7, 11) is 1.60. The molecule has 0 saturated carbocycles. The van der Waals surface area contributed by atoms with E-state index in [1.807, 2.05) is 55.5 Å². The molecular formula is C26H21NO4. The highest BCUT2D eigenvalue weighted by atomic mass is 16.5. The van der Waals surface area contributed by atoms with E-state index in [1.54, 1.807) is 36.3 Å². The molecular weight excluding hydrogens is 390 g/mol. The van der Waals surface area contributed by atoms with Gasteiger partial charge in [0.1, 0.15) is 11.3 Å². The lowest BCUT2D eigenvalue weighted by Crippen LogP contribution is -2.29. The van der Waals surface area contributed by atoms with E-state index in [2.05, 4.69) is 0 Å². The zero-order valence-corrected chi connectivity index (χ0v) is 17.3. The molecule has 0 fully saturated rings. The summed E-state index contributed by atoms with van der Waals surface area (Å²) in [5.74, 6) is 0.494. The summed E-state index contributed by atoms with van der Waals surface area (Å²) in [6.07, 6.45) is 0. The zero-order valence-electron chi connectivity index (χ0n) is 17.3. The van der Waals surface area contributed by atoms with Gasteiger partial charge in [0.05, 0.1) is 24.1 Å². The third-order valence-electron chi connectivity index (χ3n) is 5.76. The van der Waals surface area contributed by atoms with Crippen LogP contribution in [0, 0.1) is 6.92 Å². The van der Waals surface area contributed by atoms with E-state index in [4.69, 9.17) is 9.15 Å². The van der Waals surface area contributed by atoms with Crippen molar-refractivity contribution in [1.82, 2.24) is 4.90 Å². The maximum absolute atomic E-state index is 13.5. The average molecular weight is 411 g/mol. The van der Waals surface area contributed by atoms with Crippen molar-refractivity contribution >= 4 is 16.9 Å². The number of hydrogen-bond donors (Lipinski definition) is 0. The van der Waals surface area contributed by atoms with Crippen LogP contribution in [-0.4, -0.2) is 17.9 Å². The Morgan fingerprint density at radius 1 is 0.968 bits per heavy atom. The van der Waals surface area contributed by atoms with Gasteiger partial charge in [-0.05, 0) is 42.3 Å². The predicted molar refractivity (Wildman–Crippen MR) is 118 cm³/mol. The van der Waals surface area contributed by atoms with Gasteiger partial charge in [0.15, 0.2) is 5.43 Å². The number of nitrogens with zero attached hydrogens (tertiary/aromatic N) is 1. The lowest BCUT2D eigenvalue weighted by atomic mass is 9.98. The van der Waals surface area contributed by atoms with Crippen molar-refractivity contribution < 1.29 is 13.9 Å². The Balaban J connectivity index is 1.71. The van der Waals surface area contributed by atoms with Gasteiger partial charge in [-0.3, -0.25) is 9.59 Å². The third kappa shape index (κ3) is 3.19. The van der Waals surface area contributed by atoms with Crippen LogP contribution in [0.15, 0.2) is 82.0 Å². The molecule has 4 aromatic rings. The minimum Gasteiger partial charge on any atom is -0.497 e. The van der Waals surface area contributed by atoms with Crippen LogP contribution < -0.4 is 10.2 Å². The van der Waals surface area contributed by atoms with Gasteiger partial charge >= 0.3 is 0 Å². The summed E-state index contributed by atoms with van der Waals surface area (Å²) in [6.45, 7) is 2.38. The second-order valence-electron chi connectivity index (χ2n) is 7.77. The second kappa shape index (κ2) is 7.43. The van der Waals surface area contributed by atoms with Crippen molar-refractivity contribution in [2.24, 2.45) is 0 Å². The number of fused-ring (bicyclic) bond motifs is 2. The highest BCUT2D eigenvalue weighted by molar-refractivity contribution is 5.99. The fraction of sp³-hybridized carbons (Fsp3) is 0.154. The van der Waals surface area contributed by atoms with Crippen molar-refractivity contribution in [2.45, 2.75) is 19.5 Å². The van der Waals surface area contributed by atoms with Crippen LogP contribution in [0.25, 0.3) is 11.0 Å². The van der Waals surface area contributed by atoms with Crippen LogP contribution in [0.3, 0.4) is 0 Å². The van der Waals surface area contributed by atoms with Crippen molar-refractivity contribution in [3.8, 4) is 5.75 Å². The Labute approximate surface area is 179 Å². The molecule has 1 aliphatic heterocycles. The number of benzene rings is 3. The minimum absolute atomic E-state index is 0.114. The van der Waals surface area contributed by atoms with E-state index in [-0.39, 0.29) is 17.1 Å². The maximum atomic E-state index is 13.5. The fourth-order valence-corrected chi connectivity index (χ4v) is 4.18. The summed E-state index contributed by atoms with van der Waals surface area (Å²) in [5, 5.41) is 0.471. The summed E-state index contributed by atoms with van der Waals surface area (Å²) >= 11 is 0. The predicted octanol–water partition coefficient (Wildman–Crippen LogP) is 4.86. The Morgan fingerprint density at radius 2 is 1.74 bits per heavy atom. The van der Waals surface area contributed by atoms with E-state index < -0.39 is 6.04 Å². The van der Waals surface area contributed by atoms with E-state index >= 15 is 0 Å². The number of hydrogen-bond acceptors (Lipinski definition) is 4. The SMILES string of the molecule is COc1cccc([C@H]2c3c(oc4ccccc4c3=O)C(=O)N2Cc2ccc(C)cc2)c1. The van der Waals surface area contributed by atoms with Crippen molar-refractivity contribution in [2.75, 3.05) is 7.11 Å². The molecule has 5 heteroatoms. The number of methoxy groups -OCH3 is 1. The van der Waals surface area contributed by atoms with Crippen LogP contribution in [0.1, 0.15) is 38.9 Å². The molecule has 1 aromatic heterocycles. The molecule has 0 aliphatic carbocycles. The van der Waals surface area contributed by atoms with Crippen LogP contribution in [0.2, 0.25) is 0 Å². The molecule has 5 nitrogen and oxygen atoms in total. The van der Waals surface area contributed by atoms with Gasteiger partial charge in [0.25, 0.3) is 5.91 Å². The van der Waals surface area contributed by atoms with Gasteiger partial charge in [-0.15, -0.1) is 0 Å². The summed E-state index contributed by atoms with van der Waals surface area (Å²) in [4.78, 5) is 28.6. The Hall–Kier alpha value is -3.86. The smallest absolute Gasteiger partial charge is 0.291 e. The summed E-state index contributed by atoms with van der Waals surface area (Å²) < 4.78 is 11.4. The molecule has 0 N–H and O–H groups in total. The van der Waals surface area contributed by atoms with E-state index in [1.165, 1.54) is 0 Å². The summed E-state index contributed by atoms with van der Waals surface area (Å²) in [5.41, 5.74) is 3.56. The Morgan fingerprint density at radius 3 is 2.52 bits per heavy atom. The Bertz CT molecular complexity index is 1350. The first-order valence-electron chi connectivity index (χ1n) is 10.1. The highest BCUT2D eigenvalue weighted by Gasteiger charge is 2.42. The van der Waals surface area contributed by atoms with E-state index in [0.29, 0.717) is 28.8 Å². The number of ether oxygens (including phenoxy) is 1. The normalized spacial score (nSPS) is 15.4. The first-order valence-corrected chi connectivity index (χ1v) is 10.1. The fourth-order valence-electron chi connectivity index (χ4n) is 4.18. The third-order valence-corrected chi connectivity index (χ3v) is 5.76. The van der Waals surface area contributed by atoms with Crippen molar-refractivity contribution in [1.29, 1.82) is 0 Å². The molecule has 2 heterocycles. The minimum atomic E-state index is -0.556. The summed E-state index contributed by atoms with van der Waals surface area (Å²) in [6, 6.07) is 22.0. The molecule has 5 rings (SSSR count). The first kappa shape index (κ1) is 19.1. The lowest BCUT2D eigenvalue weighted by Gasteiger charge is -2.25.